The fourth-order valence-electron chi connectivity index (χ4n) is 4.36. The lowest BCUT2D eigenvalue weighted by molar-refractivity contribution is 0.0325. The van der Waals surface area contributed by atoms with E-state index < -0.39 is 0 Å². The number of aliphatic hydroxyl groups excluding tert-OH is 1. The summed E-state index contributed by atoms with van der Waals surface area (Å²) in [7, 11) is 2.05. The maximum Gasteiger partial charge on any atom is 0.259 e. The Labute approximate surface area is 213 Å². The molecule has 3 aromatic rings. The van der Waals surface area contributed by atoms with Gasteiger partial charge in [0.25, 0.3) is 5.91 Å². The average Bonchev–Trinajstić information content (AvgIpc) is 2.90. The largest absolute Gasteiger partial charge is 0.472 e. The van der Waals surface area contributed by atoms with Crippen LogP contribution in [0.3, 0.4) is 0 Å². The Hall–Kier alpha value is -3.55. The van der Waals surface area contributed by atoms with Gasteiger partial charge < -0.3 is 14.7 Å². The number of likely N-dealkylation sites (N-methyl/N-ethyl adjacent to an activating group) is 1. The first-order chi connectivity index (χ1) is 17.4. The van der Waals surface area contributed by atoms with E-state index in [1.807, 2.05) is 74.8 Å². The van der Waals surface area contributed by atoms with Gasteiger partial charge in [0.1, 0.15) is 11.7 Å². The monoisotopic (exact) mass is 486 g/mol. The highest BCUT2D eigenvalue weighted by molar-refractivity contribution is 5.97. The number of amides is 1. The van der Waals surface area contributed by atoms with Crippen LogP contribution in [0.15, 0.2) is 67.1 Å². The summed E-state index contributed by atoms with van der Waals surface area (Å²) >= 11 is 0. The molecule has 4 rings (SSSR count). The van der Waals surface area contributed by atoms with E-state index in [4.69, 9.17) is 4.74 Å². The first-order valence-corrected chi connectivity index (χ1v) is 12.3. The molecule has 36 heavy (non-hydrogen) atoms. The van der Waals surface area contributed by atoms with Gasteiger partial charge in [-0.2, -0.15) is 0 Å². The van der Waals surface area contributed by atoms with E-state index in [-0.39, 0.29) is 30.6 Å². The lowest BCUT2D eigenvalue weighted by atomic mass is 9.99. The number of aliphatic hydroxyl groups is 1. The molecule has 0 radical (unpaired) electrons. The summed E-state index contributed by atoms with van der Waals surface area (Å²) in [4.78, 5) is 26.3. The molecule has 1 aliphatic heterocycles. The van der Waals surface area contributed by atoms with Gasteiger partial charge in [0.05, 0.1) is 12.6 Å². The second-order valence-electron chi connectivity index (χ2n) is 9.55. The van der Waals surface area contributed by atoms with E-state index in [2.05, 4.69) is 27.9 Å². The van der Waals surface area contributed by atoms with Crippen LogP contribution in [0.25, 0.3) is 12.2 Å². The highest BCUT2D eigenvalue weighted by Gasteiger charge is 2.34. The van der Waals surface area contributed by atoms with Crippen LogP contribution in [0, 0.1) is 5.92 Å². The van der Waals surface area contributed by atoms with Crippen LogP contribution in [-0.2, 0) is 6.54 Å². The molecule has 0 fully saturated rings. The van der Waals surface area contributed by atoms with Crippen LogP contribution in [0.4, 0.5) is 0 Å². The normalized spacial score (nSPS) is 19.0. The second kappa shape index (κ2) is 11.9. The molecule has 1 aliphatic rings. The van der Waals surface area contributed by atoms with Crippen molar-refractivity contribution in [2.45, 2.75) is 32.5 Å². The molecule has 1 N–H and O–H groups in total. The molecule has 7 nitrogen and oxygen atoms in total. The SMILES string of the molecule is C[C@@H]1CN([C@@H](C)CO)C(=O)c2cc(/C=C/c3ccccc3)cnc2O[C@@H]1CN(C)Cc1cccnc1. The molecular formula is C29H34N4O3. The Morgan fingerprint density at radius 2 is 1.94 bits per heavy atom. The van der Waals surface area contributed by atoms with Gasteiger partial charge in [-0.1, -0.05) is 55.5 Å². The molecule has 0 spiro atoms. The smallest absolute Gasteiger partial charge is 0.259 e. The van der Waals surface area contributed by atoms with Gasteiger partial charge in [-0.25, -0.2) is 4.98 Å². The van der Waals surface area contributed by atoms with Crippen LogP contribution in [0.2, 0.25) is 0 Å². The van der Waals surface area contributed by atoms with Crippen LogP contribution in [0.5, 0.6) is 5.88 Å². The minimum atomic E-state index is -0.316. The number of pyridine rings is 2. The number of fused-ring (bicyclic) bond motifs is 1. The zero-order valence-electron chi connectivity index (χ0n) is 21.1. The summed E-state index contributed by atoms with van der Waals surface area (Å²) in [5.74, 6) is 0.188. The third kappa shape index (κ3) is 6.36. The van der Waals surface area contributed by atoms with E-state index in [1.54, 1.807) is 17.3 Å². The Balaban J connectivity index is 1.61. The van der Waals surface area contributed by atoms with Crippen molar-refractivity contribution in [3.8, 4) is 5.88 Å². The number of ether oxygens (including phenoxy) is 1. The lowest BCUT2D eigenvalue weighted by Gasteiger charge is -2.37. The van der Waals surface area contributed by atoms with E-state index in [9.17, 15) is 9.90 Å². The van der Waals surface area contributed by atoms with Crippen molar-refractivity contribution in [1.29, 1.82) is 0 Å². The number of benzene rings is 1. The molecule has 3 heterocycles. The maximum atomic E-state index is 13.6. The summed E-state index contributed by atoms with van der Waals surface area (Å²) in [6, 6.07) is 15.5. The van der Waals surface area contributed by atoms with Crippen molar-refractivity contribution < 1.29 is 14.6 Å². The van der Waals surface area contributed by atoms with Crippen molar-refractivity contribution in [2.75, 3.05) is 26.7 Å². The Kier molecular flexibility index (Phi) is 8.46. The number of aromatic nitrogens is 2. The first kappa shape index (κ1) is 25.5. The van der Waals surface area contributed by atoms with E-state index in [0.29, 0.717) is 24.5 Å². The van der Waals surface area contributed by atoms with Gasteiger partial charge in [-0.15, -0.1) is 0 Å². The summed E-state index contributed by atoms with van der Waals surface area (Å²) in [5, 5.41) is 9.88. The van der Waals surface area contributed by atoms with Crippen molar-refractivity contribution in [3.05, 3.63) is 89.4 Å². The highest BCUT2D eigenvalue weighted by Crippen LogP contribution is 2.28. The first-order valence-electron chi connectivity index (χ1n) is 12.3. The molecule has 0 saturated heterocycles. The molecule has 0 bridgehead atoms. The van der Waals surface area contributed by atoms with Gasteiger partial charge >= 0.3 is 0 Å². The lowest BCUT2D eigenvalue weighted by Crippen LogP contribution is -2.49. The quantitative estimate of drug-likeness (QED) is 0.519. The molecule has 1 amide bonds. The zero-order chi connectivity index (χ0) is 25.5. The topological polar surface area (TPSA) is 78.8 Å². The van der Waals surface area contributed by atoms with Crippen LogP contribution >= 0.6 is 0 Å². The van der Waals surface area contributed by atoms with Crippen LogP contribution in [-0.4, -0.2) is 69.7 Å². The molecule has 0 aliphatic carbocycles. The number of carbonyl (C=O) groups is 1. The third-order valence-electron chi connectivity index (χ3n) is 6.48. The van der Waals surface area contributed by atoms with Gasteiger partial charge in [0.2, 0.25) is 5.88 Å². The van der Waals surface area contributed by atoms with Crippen molar-refractivity contribution >= 4 is 18.1 Å². The molecule has 7 heteroatoms. The average molecular weight is 487 g/mol. The predicted octanol–water partition coefficient (Wildman–Crippen LogP) is 4.00. The predicted molar refractivity (Wildman–Crippen MR) is 141 cm³/mol. The molecular weight excluding hydrogens is 452 g/mol. The zero-order valence-corrected chi connectivity index (χ0v) is 21.1. The van der Waals surface area contributed by atoms with E-state index in [0.717, 1.165) is 23.2 Å². The summed E-state index contributed by atoms with van der Waals surface area (Å²) < 4.78 is 6.40. The fraction of sp³-hybridized carbons (Fsp3) is 0.345. The Morgan fingerprint density at radius 1 is 1.17 bits per heavy atom. The molecule has 2 aromatic heterocycles. The maximum absolute atomic E-state index is 13.6. The molecule has 3 atom stereocenters. The third-order valence-corrected chi connectivity index (χ3v) is 6.48. The summed E-state index contributed by atoms with van der Waals surface area (Å²) in [6.07, 6.45) is 9.10. The van der Waals surface area contributed by atoms with Gasteiger partial charge in [-0.3, -0.25) is 14.7 Å². The molecule has 188 valence electrons. The molecule has 0 unspecified atom stereocenters. The highest BCUT2D eigenvalue weighted by atomic mass is 16.5. The summed E-state index contributed by atoms with van der Waals surface area (Å²) in [6.45, 7) is 5.70. The molecule has 0 saturated carbocycles. The summed E-state index contributed by atoms with van der Waals surface area (Å²) in [5.41, 5.74) is 3.41. The van der Waals surface area contributed by atoms with Crippen molar-refractivity contribution in [2.24, 2.45) is 5.92 Å². The number of nitrogens with zero attached hydrogens (tertiary/aromatic N) is 4. The second-order valence-corrected chi connectivity index (χ2v) is 9.55. The van der Waals surface area contributed by atoms with Gasteiger partial charge in [-0.05, 0) is 42.8 Å². The van der Waals surface area contributed by atoms with Crippen molar-refractivity contribution in [1.82, 2.24) is 19.8 Å². The van der Waals surface area contributed by atoms with Crippen LogP contribution in [0.1, 0.15) is 40.9 Å². The Bertz CT molecular complexity index is 1170. The number of hydrogen-bond donors (Lipinski definition) is 1. The standard InChI is InChI=1S/C29H34N4O3/c1-21-17-33(22(2)20-34)29(35)26-14-24(12-11-23-8-5-4-6-9-23)16-31-28(26)36-27(21)19-32(3)18-25-10-7-13-30-15-25/h4-16,21-22,27,34H,17-20H2,1-3H3/b12-11+/t21-,22+,27-/m1/s1. The Morgan fingerprint density at radius 3 is 2.67 bits per heavy atom. The van der Waals surface area contributed by atoms with E-state index >= 15 is 0 Å². The number of carbonyl (C=O) groups excluding carboxylic acids is 1. The minimum Gasteiger partial charge on any atom is -0.472 e. The van der Waals surface area contributed by atoms with Gasteiger partial charge in [0, 0.05) is 44.1 Å². The number of hydrogen-bond acceptors (Lipinski definition) is 6. The number of rotatable bonds is 8. The minimum absolute atomic E-state index is 0.0342. The van der Waals surface area contributed by atoms with Crippen LogP contribution < -0.4 is 4.74 Å². The molecule has 1 aromatic carbocycles. The van der Waals surface area contributed by atoms with Gasteiger partial charge in [0.15, 0.2) is 0 Å². The van der Waals surface area contributed by atoms with E-state index in [1.165, 1.54) is 0 Å². The fourth-order valence-corrected chi connectivity index (χ4v) is 4.36. The van der Waals surface area contributed by atoms with Crippen molar-refractivity contribution in [3.63, 3.8) is 0 Å².